The Morgan fingerprint density at radius 2 is 1.91 bits per heavy atom. The van der Waals surface area contributed by atoms with Crippen molar-refractivity contribution >= 4 is 40.3 Å². The molecule has 2 heterocycles. The maximum atomic E-state index is 10.1. The van der Waals surface area contributed by atoms with Gasteiger partial charge in [-0.2, -0.15) is 4.98 Å². The van der Waals surface area contributed by atoms with Crippen molar-refractivity contribution in [2.24, 2.45) is 0 Å². The van der Waals surface area contributed by atoms with Gasteiger partial charge in [0.1, 0.15) is 11.4 Å². The lowest BCUT2D eigenvalue weighted by atomic mass is 10.1. The summed E-state index contributed by atoms with van der Waals surface area (Å²) in [5, 5.41) is 27.3. The summed E-state index contributed by atoms with van der Waals surface area (Å²) in [7, 11) is 1.87. The molecule has 0 atom stereocenters. The summed E-state index contributed by atoms with van der Waals surface area (Å²) in [4.78, 5) is 15.1. The Hall–Kier alpha value is -3.62. The zero-order valence-electron chi connectivity index (χ0n) is 17.8. The van der Waals surface area contributed by atoms with Gasteiger partial charge in [-0.3, -0.25) is 25.4 Å². The number of rotatable bonds is 5. The molecule has 9 heteroatoms. The Balaban J connectivity index is 1.78. The van der Waals surface area contributed by atoms with E-state index in [1.165, 1.54) is 4.57 Å². The number of fused-ring (bicyclic) bond motifs is 1. The summed E-state index contributed by atoms with van der Waals surface area (Å²) < 4.78 is 1.37. The van der Waals surface area contributed by atoms with Gasteiger partial charge in [0.2, 0.25) is 5.62 Å². The van der Waals surface area contributed by atoms with Crippen molar-refractivity contribution in [1.82, 2.24) is 19.5 Å². The van der Waals surface area contributed by atoms with E-state index in [4.69, 9.17) is 22.4 Å². The Morgan fingerprint density at radius 1 is 1.12 bits per heavy atom. The van der Waals surface area contributed by atoms with Crippen LogP contribution in [0.2, 0.25) is 5.02 Å². The van der Waals surface area contributed by atoms with Crippen LogP contribution in [0.25, 0.3) is 22.2 Å². The van der Waals surface area contributed by atoms with E-state index < -0.39 is 5.60 Å². The van der Waals surface area contributed by atoms with Crippen LogP contribution in [0.15, 0.2) is 54.9 Å². The molecule has 0 aliphatic carbocycles. The zero-order valence-corrected chi connectivity index (χ0v) is 18.6. The van der Waals surface area contributed by atoms with Crippen molar-refractivity contribution < 1.29 is 5.11 Å². The highest BCUT2D eigenvalue weighted by atomic mass is 35.5. The lowest BCUT2D eigenvalue weighted by Gasteiger charge is -2.22. The molecule has 32 heavy (non-hydrogen) atoms. The van der Waals surface area contributed by atoms with E-state index in [2.05, 4.69) is 15.0 Å². The number of aromatic nitrogens is 4. The fraction of sp³-hybridized carbons (Fsp3) is 0.174. The summed E-state index contributed by atoms with van der Waals surface area (Å²) in [5.41, 5.74) is 2.36. The molecule has 2 aromatic heterocycles. The molecule has 4 rings (SSSR count). The molecule has 0 bridgehead atoms. The van der Waals surface area contributed by atoms with E-state index in [9.17, 15) is 5.11 Å². The molecular weight excluding hydrogens is 426 g/mol. The molecular formula is C23H22ClN7O. The van der Waals surface area contributed by atoms with Crippen LogP contribution in [-0.2, 0) is 5.60 Å². The molecule has 0 unspecified atom stereocenters. The number of nitrogens with zero attached hydrogens (tertiary/aromatic N) is 5. The highest BCUT2D eigenvalue weighted by Crippen LogP contribution is 2.31. The highest BCUT2D eigenvalue weighted by Gasteiger charge is 2.18. The molecule has 0 aliphatic rings. The van der Waals surface area contributed by atoms with Crippen LogP contribution in [-0.4, -0.2) is 38.0 Å². The molecule has 0 saturated carbocycles. The van der Waals surface area contributed by atoms with E-state index in [1.807, 2.05) is 42.3 Å². The first-order chi connectivity index (χ1) is 15.2. The summed E-state index contributed by atoms with van der Waals surface area (Å²) in [6, 6.07) is 13.0. The number of benzene rings is 2. The Morgan fingerprint density at radius 3 is 2.56 bits per heavy atom. The third kappa shape index (κ3) is 3.98. The van der Waals surface area contributed by atoms with Gasteiger partial charge < -0.3 is 10.0 Å². The number of halogens is 1. The third-order valence-electron chi connectivity index (χ3n) is 5.15. The van der Waals surface area contributed by atoms with Crippen LogP contribution in [0.3, 0.4) is 0 Å². The maximum absolute atomic E-state index is 10.1. The van der Waals surface area contributed by atoms with Gasteiger partial charge in [0, 0.05) is 28.7 Å². The first kappa shape index (κ1) is 21.6. The minimum absolute atomic E-state index is 0.0687. The summed E-state index contributed by atoms with van der Waals surface area (Å²) in [6.45, 7) is 3.33. The van der Waals surface area contributed by atoms with E-state index in [0.717, 1.165) is 23.0 Å². The summed E-state index contributed by atoms with van der Waals surface area (Å²) in [5.74, 6) is 0.570. The largest absolute Gasteiger partial charge is 0.384 e. The fourth-order valence-corrected chi connectivity index (χ4v) is 3.56. The second kappa shape index (κ2) is 8.14. The lowest BCUT2D eigenvalue weighted by Crippen LogP contribution is -2.26. The van der Waals surface area contributed by atoms with Crippen LogP contribution in [0, 0.1) is 10.8 Å². The predicted octanol–water partition coefficient (Wildman–Crippen LogP) is 4.08. The first-order valence-electron chi connectivity index (χ1n) is 9.85. The van der Waals surface area contributed by atoms with Gasteiger partial charge in [-0.05, 0) is 44.2 Å². The van der Waals surface area contributed by atoms with Gasteiger partial charge in [-0.25, -0.2) is 0 Å². The van der Waals surface area contributed by atoms with Crippen molar-refractivity contribution in [3.05, 3.63) is 71.2 Å². The normalized spacial score (nSPS) is 11.5. The fourth-order valence-electron chi connectivity index (χ4n) is 3.40. The summed E-state index contributed by atoms with van der Waals surface area (Å²) in [6.07, 6.45) is 4.26. The standard InChI is InChI=1S/C23H22ClN7O/c1-23(2,32)20-12-27-18(11-28-20)14-5-4-6-16(9-14)30(3)21-17-8-7-15(24)10-19(17)31(13-25)22(26)29-21/h4-13,25-26,32H,1-3H3. The van der Waals surface area contributed by atoms with Crippen molar-refractivity contribution in [3.8, 4) is 11.3 Å². The molecule has 2 aromatic carbocycles. The van der Waals surface area contributed by atoms with Crippen LogP contribution in [0.5, 0.6) is 0 Å². The van der Waals surface area contributed by atoms with Gasteiger partial charge in [-0.15, -0.1) is 0 Å². The van der Waals surface area contributed by atoms with E-state index in [1.54, 1.807) is 38.4 Å². The molecule has 0 saturated heterocycles. The Kier molecular flexibility index (Phi) is 5.50. The number of aliphatic hydroxyl groups is 1. The predicted molar refractivity (Wildman–Crippen MR) is 126 cm³/mol. The smallest absolute Gasteiger partial charge is 0.229 e. The van der Waals surface area contributed by atoms with Gasteiger partial charge in [0.25, 0.3) is 0 Å². The van der Waals surface area contributed by atoms with Crippen molar-refractivity contribution in [2.45, 2.75) is 19.4 Å². The van der Waals surface area contributed by atoms with E-state index in [-0.39, 0.29) is 5.62 Å². The molecule has 0 radical (unpaired) electrons. The lowest BCUT2D eigenvalue weighted by molar-refractivity contribution is 0.0734. The summed E-state index contributed by atoms with van der Waals surface area (Å²) >= 11 is 6.16. The molecule has 162 valence electrons. The number of hydrogen-bond acceptors (Lipinski definition) is 7. The topological polar surface area (TPSA) is 115 Å². The van der Waals surface area contributed by atoms with Crippen LogP contribution in [0.4, 0.5) is 11.5 Å². The van der Waals surface area contributed by atoms with E-state index >= 15 is 0 Å². The van der Waals surface area contributed by atoms with Gasteiger partial charge >= 0.3 is 0 Å². The Labute approximate surface area is 189 Å². The maximum Gasteiger partial charge on any atom is 0.229 e. The number of hydrogen-bond donors (Lipinski definition) is 3. The quantitative estimate of drug-likeness (QED) is 0.315. The molecule has 0 fully saturated rings. The van der Waals surface area contributed by atoms with Crippen molar-refractivity contribution in [2.75, 3.05) is 11.9 Å². The Bertz CT molecular complexity index is 1370. The van der Waals surface area contributed by atoms with Gasteiger partial charge in [-0.1, -0.05) is 23.7 Å². The van der Waals surface area contributed by atoms with Crippen LogP contribution < -0.4 is 10.5 Å². The second-order valence-corrected chi connectivity index (χ2v) is 8.31. The van der Waals surface area contributed by atoms with Crippen molar-refractivity contribution in [1.29, 1.82) is 10.8 Å². The molecule has 8 nitrogen and oxygen atoms in total. The monoisotopic (exact) mass is 447 g/mol. The van der Waals surface area contributed by atoms with Crippen LogP contribution >= 0.6 is 11.6 Å². The molecule has 0 aliphatic heterocycles. The number of anilines is 2. The zero-order chi connectivity index (χ0) is 23.0. The third-order valence-corrected chi connectivity index (χ3v) is 5.39. The van der Waals surface area contributed by atoms with Gasteiger partial charge in [0.05, 0.1) is 35.6 Å². The minimum atomic E-state index is -1.06. The molecule has 4 aromatic rings. The molecule has 0 amide bonds. The number of nitrogens with one attached hydrogen (secondary N) is 2. The molecule has 3 N–H and O–H groups in total. The van der Waals surface area contributed by atoms with Crippen molar-refractivity contribution in [3.63, 3.8) is 0 Å². The SMILES string of the molecule is CN(c1cccc(-c2cnc(C(C)(C)O)cn2)c1)c1nc(=N)n(C=N)c2cc(Cl)ccc12. The highest BCUT2D eigenvalue weighted by molar-refractivity contribution is 6.31. The van der Waals surface area contributed by atoms with Crippen LogP contribution in [0.1, 0.15) is 19.5 Å². The first-order valence-corrected chi connectivity index (χ1v) is 10.2. The average molecular weight is 448 g/mol. The molecule has 0 spiro atoms. The average Bonchev–Trinajstić information content (AvgIpc) is 2.77. The van der Waals surface area contributed by atoms with E-state index in [0.29, 0.717) is 27.7 Å². The minimum Gasteiger partial charge on any atom is -0.384 e. The van der Waals surface area contributed by atoms with Gasteiger partial charge in [0.15, 0.2) is 0 Å². The second-order valence-electron chi connectivity index (χ2n) is 7.87.